The van der Waals surface area contributed by atoms with Gasteiger partial charge in [0.2, 0.25) is 5.91 Å². The van der Waals surface area contributed by atoms with E-state index >= 15 is 0 Å². The van der Waals surface area contributed by atoms with Crippen molar-refractivity contribution in [2.24, 2.45) is 0 Å². The summed E-state index contributed by atoms with van der Waals surface area (Å²) in [5, 5.41) is 11.9. The van der Waals surface area contributed by atoms with Crippen molar-refractivity contribution in [3.8, 4) is 0 Å². The fourth-order valence-electron chi connectivity index (χ4n) is 2.87. The van der Waals surface area contributed by atoms with Gasteiger partial charge in [0.25, 0.3) is 0 Å². The molecule has 0 unspecified atom stereocenters. The Bertz CT molecular complexity index is 710. The van der Waals surface area contributed by atoms with Gasteiger partial charge >= 0.3 is 0 Å². The molecule has 1 aromatic carbocycles. The van der Waals surface area contributed by atoms with Crippen LogP contribution in [0.4, 0.5) is 5.69 Å². The first kappa shape index (κ1) is 14.7. The molecule has 0 radical (unpaired) electrons. The third-order valence-electron chi connectivity index (χ3n) is 4.37. The average Bonchev–Trinajstić information content (AvgIpc) is 3.18. The van der Waals surface area contributed by atoms with Crippen molar-refractivity contribution >= 4 is 23.4 Å². The molecule has 1 atom stereocenters. The zero-order chi connectivity index (χ0) is 15.8. The molecule has 2 fully saturated rings. The summed E-state index contributed by atoms with van der Waals surface area (Å²) in [5.74, 6) is 1.78. The minimum Gasteiger partial charge on any atom is -0.311 e. The molecular formula is C16H19N5OS. The zero-order valence-electron chi connectivity index (χ0n) is 13.1. The van der Waals surface area contributed by atoms with E-state index in [1.807, 2.05) is 33.8 Å². The summed E-state index contributed by atoms with van der Waals surface area (Å²) < 4.78 is 1.92. The van der Waals surface area contributed by atoms with E-state index < -0.39 is 0 Å². The Labute approximate surface area is 139 Å². The summed E-state index contributed by atoms with van der Waals surface area (Å²) >= 11 is 1.66. The molecule has 2 aromatic rings. The van der Waals surface area contributed by atoms with Gasteiger partial charge in [-0.25, -0.2) is 4.68 Å². The fourth-order valence-corrected chi connectivity index (χ4v) is 3.96. The van der Waals surface area contributed by atoms with Gasteiger partial charge in [0.1, 0.15) is 0 Å². The molecular weight excluding hydrogens is 310 g/mol. The van der Waals surface area contributed by atoms with Crippen LogP contribution in [0.15, 0.2) is 24.3 Å². The molecule has 2 aliphatic rings. The lowest BCUT2D eigenvalue weighted by atomic mass is 10.2. The SMILES string of the molecule is Cc1ccc(N2CC[C@@H](SCc3nnnn3C3CC3)C2=O)cc1. The Morgan fingerprint density at radius 1 is 1.22 bits per heavy atom. The van der Waals surface area contributed by atoms with Gasteiger partial charge in [-0.05, 0) is 48.7 Å². The minimum atomic E-state index is 0.000608. The number of nitrogens with zero attached hydrogens (tertiary/aromatic N) is 5. The highest BCUT2D eigenvalue weighted by Crippen LogP contribution is 2.36. The number of tetrazole rings is 1. The summed E-state index contributed by atoms with van der Waals surface area (Å²) in [5.41, 5.74) is 2.20. The Hall–Kier alpha value is -1.89. The standard InChI is InChI=1S/C16H19N5OS/c1-11-2-4-12(5-3-11)20-9-8-14(16(20)22)23-10-15-17-18-19-21(15)13-6-7-13/h2-5,13-14H,6-10H2,1H3/t14-/m1/s1. The van der Waals surface area contributed by atoms with E-state index in [4.69, 9.17) is 0 Å². The van der Waals surface area contributed by atoms with Crippen LogP contribution in [-0.4, -0.2) is 37.9 Å². The monoisotopic (exact) mass is 329 g/mol. The Morgan fingerprint density at radius 3 is 2.74 bits per heavy atom. The number of aromatic nitrogens is 4. The number of hydrogen-bond donors (Lipinski definition) is 0. The summed E-state index contributed by atoms with van der Waals surface area (Å²) in [4.78, 5) is 14.5. The molecule has 1 aromatic heterocycles. The molecule has 1 amide bonds. The number of aryl methyl sites for hydroxylation is 1. The average molecular weight is 329 g/mol. The molecule has 1 aliphatic heterocycles. The normalized spacial score (nSPS) is 21.2. The summed E-state index contributed by atoms with van der Waals surface area (Å²) in [6.45, 7) is 2.84. The molecule has 0 bridgehead atoms. The van der Waals surface area contributed by atoms with E-state index in [2.05, 4.69) is 22.4 Å². The quantitative estimate of drug-likeness (QED) is 0.842. The second kappa shape index (κ2) is 5.96. The lowest BCUT2D eigenvalue weighted by Crippen LogP contribution is -2.28. The van der Waals surface area contributed by atoms with Gasteiger partial charge < -0.3 is 4.90 Å². The van der Waals surface area contributed by atoms with Crippen LogP contribution in [0.3, 0.4) is 0 Å². The lowest BCUT2D eigenvalue weighted by molar-refractivity contribution is -0.116. The number of anilines is 1. The van der Waals surface area contributed by atoms with E-state index in [1.165, 1.54) is 5.56 Å². The lowest BCUT2D eigenvalue weighted by Gasteiger charge is -2.16. The number of amides is 1. The van der Waals surface area contributed by atoms with Crippen LogP contribution in [0.2, 0.25) is 0 Å². The van der Waals surface area contributed by atoms with E-state index in [0.29, 0.717) is 11.8 Å². The van der Waals surface area contributed by atoms with Crippen molar-refractivity contribution < 1.29 is 4.79 Å². The van der Waals surface area contributed by atoms with Crippen molar-refractivity contribution in [1.29, 1.82) is 0 Å². The highest BCUT2D eigenvalue weighted by molar-refractivity contribution is 7.99. The van der Waals surface area contributed by atoms with Crippen LogP contribution in [-0.2, 0) is 10.5 Å². The summed E-state index contributed by atoms with van der Waals surface area (Å²) in [6, 6.07) is 8.62. The van der Waals surface area contributed by atoms with Gasteiger partial charge in [-0.1, -0.05) is 17.7 Å². The second-order valence-corrected chi connectivity index (χ2v) is 7.38. The first-order chi connectivity index (χ1) is 11.2. The number of thioether (sulfide) groups is 1. The van der Waals surface area contributed by atoms with Crippen LogP contribution in [0.1, 0.15) is 36.7 Å². The first-order valence-corrected chi connectivity index (χ1v) is 9.03. The van der Waals surface area contributed by atoms with Gasteiger partial charge in [0, 0.05) is 12.2 Å². The highest BCUT2D eigenvalue weighted by atomic mass is 32.2. The zero-order valence-corrected chi connectivity index (χ0v) is 13.9. The number of benzene rings is 1. The predicted molar refractivity (Wildman–Crippen MR) is 89.3 cm³/mol. The van der Waals surface area contributed by atoms with Crippen LogP contribution < -0.4 is 4.90 Å². The van der Waals surface area contributed by atoms with Crippen molar-refractivity contribution in [3.05, 3.63) is 35.7 Å². The van der Waals surface area contributed by atoms with Crippen LogP contribution in [0.5, 0.6) is 0 Å². The highest BCUT2D eigenvalue weighted by Gasteiger charge is 2.34. The van der Waals surface area contributed by atoms with Crippen molar-refractivity contribution in [1.82, 2.24) is 20.2 Å². The summed E-state index contributed by atoms with van der Waals surface area (Å²) in [6.07, 6.45) is 3.20. The van der Waals surface area contributed by atoms with Crippen LogP contribution >= 0.6 is 11.8 Å². The molecule has 4 rings (SSSR count). The molecule has 2 heterocycles. The van der Waals surface area contributed by atoms with Gasteiger partial charge in [-0.15, -0.1) is 16.9 Å². The van der Waals surface area contributed by atoms with Gasteiger partial charge in [-0.3, -0.25) is 4.79 Å². The topological polar surface area (TPSA) is 63.9 Å². The molecule has 1 saturated carbocycles. The molecule has 1 aliphatic carbocycles. The number of carbonyl (C=O) groups is 1. The second-order valence-electron chi connectivity index (χ2n) is 6.18. The van der Waals surface area contributed by atoms with Crippen LogP contribution in [0.25, 0.3) is 0 Å². The van der Waals surface area contributed by atoms with E-state index in [1.54, 1.807) is 11.8 Å². The Kier molecular flexibility index (Phi) is 3.80. The number of carbonyl (C=O) groups excluding carboxylic acids is 1. The fraction of sp³-hybridized carbons (Fsp3) is 0.500. The van der Waals surface area contributed by atoms with E-state index in [9.17, 15) is 4.79 Å². The first-order valence-electron chi connectivity index (χ1n) is 7.99. The molecule has 0 spiro atoms. The third kappa shape index (κ3) is 2.97. The molecule has 23 heavy (non-hydrogen) atoms. The number of hydrogen-bond acceptors (Lipinski definition) is 5. The summed E-state index contributed by atoms with van der Waals surface area (Å²) in [7, 11) is 0. The maximum atomic E-state index is 12.6. The molecule has 1 saturated heterocycles. The van der Waals surface area contributed by atoms with E-state index in [-0.39, 0.29) is 11.2 Å². The Morgan fingerprint density at radius 2 is 2.00 bits per heavy atom. The number of rotatable bonds is 5. The largest absolute Gasteiger partial charge is 0.311 e. The van der Waals surface area contributed by atoms with Crippen molar-refractivity contribution in [2.75, 3.05) is 11.4 Å². The molecule has 6 nitrogen and oxygen atoms in total. The van der Waals surface area contributed by atoms with Crippen molar-refractivity contribution in [3.63, 3.8) is 0 Å². The predicted octanol–water partition coefficient (Wildman–Crippen LogP) is 2.36. The van der Waals surface area contributed by atoms with E-state index in [0.717, 1.165) is 37.3 Å². The van der Waals surface area contributed by atoms with Gasteiger partial charge in [0.05, 0.1) is 17.0 Å². The molecule has 0 N–H and O–H groups in total. The third-order valence-corrected chi connectivity index (χ3v) is 5.63. The molecule has 7 heteroatoms. The molecule has 120 valence electrons. The van der Waals surface area contributed by atoms with Crippen molar-refractivity contribution in [2.45, 2.75) is 43.2 Å². The maximum Gasteiger partial charge on any atom is 0.240 e. The minimum absolute atomic E-state index is 0.000608. The Balaban J connectivity index is 1.39. The maximum absolute atomic E-state index is 12.6. The van der Waals surface area contributed by atoms with Crippen LogP contribution in [0, 0.1) is 6.92 Å². The van der Waals surface area contributed by atoms with Gasteiger partial charge in [0.15, 0.2) is 5.82 Å². The smallest absolute Gasteiger partial charge is 0.240 e. The van der Waals surface area contributed by atoms with Gasteiger partial charge in [-0.2, -0.15) is 0 Å².